The molecule has 0 atom stereocenters. The van der Waals surface area contributed by atoms with Crippen molar-refractivity contribution in [3.63, 3.8) is 0 Å². The minimum Gasteiger partial charge on any atom is -0.497 e. The Morgan fingerprint density at radius 1 is 1.05 bits per heavy atom. The van der Waals surface area contributed by atoms with Crippen LogP contribution in [0.1, 0.15) is 10.4 Å². The fourth-order valence-corrected chi connectivity index (χ4v) is 2.12. The normalized spacial score (nSPS) is 10.2. The van der Waals surface area contributed by atoms with Crippen LogP contribution in [0.2, 0.25) is 10.0 Å². The van der Waals surface area contributed by atoms with Crippen LogP contribution in [0.15, 0.2) is 42.5 Å². The number of rotatable bonds is 5. The number of ether oxygens (including phenoxy) is 2. The van der Waals surface area contributed by atoms with Crippen LogP contribution in [0.3, 0.4) is 0 Å². The van der Waals surface area contributed by atoms with Crippen molar-refractivity contribution in [3.8, 4) is 11.5 Å². The van der Waals surface area contributed by atoms with Gasteiger partial charge in [-0.25, -0.2) is 0 Å². The largest absolute Gasteiger partial charge is 0.497 e. The minimum absolute atomic E-state index is 0.129. The van der Waals surface area contributed by atoms with E-state index in [9.17, 15) is 4.79 Å². The van der Waals surface area contributed by atoms with E-state index in [4.69, 9.17) is 32.7 Å². The Hall–Kier alpha value is -1.71. The van der Waals surface area contributed by atoms with E-state index < -0.39 is 0 Å². The molecule has 0 aliphatic rings. The summed E-state index contributed by atoms with van der Waals surface area (Å²) >= 11 is 11.9. The van der Waals surface area contributed by atoms with Gasteiger partial charge in [-0.1, -0.05) is 29.3 Å². The van der Waals surface area contributed by atoms with Crippen molar-refractivity contribution >= 4 is 29.0 Å². The van der Waals surface area contributed by atoms with Crippen molar-refractivity contribution < 1.29 is 14.3 Å². The summed E-state index contributed by atoms with van der Waals surface area (Å²) in [5.74, 6) is 0.845. The fraction of sp³-hybridized carbons (Fsp3) is 0.133. The van der Waals surface area contributed by atoms with Crippen LogP contribution < -0.4 is 9.47 Å². The quantitative estimate of drug-likeness (QED) is 0.774. The molecule has 3 nitrogen and oxygen atoms in total. The SMILES string of the molecule is COc1ccc(C(=O)COc2c(Cl)cccc2Cl)cc1. The zero-order valence-electron chi connectivity index (χ0n) is 10.7. The van der Waals surface area contributed by atoms with Gasteiger partial charge in [0, 0.05) is 5.56 Å². The Labute approximate surface area is 127 Å². The highest BCUT2D eigenvalue weighted by atomic mass is 35.5. The second-order valence-electron chi connectivity index (χ2n) is 3.99. The van der Waals surface area contributed by atoms with Crippen molar-refractivity contribution in [2.24, 2.45) is 0 Å². The number of benzene rings is 2. The second kappa shape index (κ2) is 6.64. The molecular weight excluding hydrogens is 299 g/mol. The molecule has 0 aromatic heterocycles. The Kier molecular flexibility index (Phi) is 4.88. The number of carbonyl (C=O) groups excluding carboxylic acids is 1. The number of carbonyl (C=O) groups is 1. The average Bonchev–Trinajstić information content (AvgIpc) is 2.46. The molecule has 0 bridgehead atoms. The number of halogens is 2. The molecule has 0 fully saturated rings. The summed E-state index contributed by atoms with van der Waals surface area (Å²) in [5, 5.41) is 0.750. The van der Waals surface area contributed by atoms with Gasteiger partial charge in [0.2, 0.25) is 0 Å². The molecule has 2 rings (SSSR count). The monoisotopic (exact) mass is 310 g/mol. The number of Topliss-reactive ketones (excluding diaryl/α,β-unsaturated/α-hetero) is 1. The standard InChI is InChI=1S/C15H12Cl2O3/c1-19-11-7-5-10(6-8-11)14(18)9-20-15-12(16)3-2-4-13(15)17/h2-8H,9H2,1H3. The Morgan fingerprint density at radius 2 is 1.65 bits per heavy atom. The zero-order chi connectivity index (χ0) is 14.5. The first-order chi connectivity index (χ1) is 9.61. The molecule has 0 aliphatic heterocycles. The Balaban J connectivity index is 2.04. The summed E-state index contributed by atoms with van der Waals surface area (Å²) in [5.41, 5.74) is 0.536. The van der Waals surface area contributed by atoms with Gasteiger partial charge in [-0.3, -0.25) is 4.79 Å². The molecule has 0 N–H and O–H groups in total. The summed E-state index contributed by atoms with van der Waals surface area (Å²) in [6.07, 6.45) is 0. The second-order valence-corrected chi connectivity index (χ2v) is 4.81. The van der Waals surface area contributed by atoms with E-state index >= 15 is 0 Å². The van der Waals surface area contributed by atoms with Gasteiger partial charge in [0.05, 0.1) is 17.2 Å². The van der Waals surface area contributed by atoms with E-state index in [2.05, 4.69) is 0 Å². The summed E-state index contributed by atoms with van der Waals surface area (Å²) < 4.78 is 10.4. The van der Waals surface area contributed by atoms with Gasteiger partial charge in [0.15, 0.2) is 18.1 Å². The number of ketones is 1. The van der Waals surface area contributed by atoms with Crippen molar-refractivity contribution in [2.75, 3.05) is 13.7 Å². The summed E-state index contributed by atoms with van der Waals surface area (Å²) in [7, 11) is 1.57. The fourth-order valence-electron chi connectivity index (χ4n) is 1.62. The molecule has 0 radical (unpaired) electrons. The molecule has 0 heterocycles. The van der Waals surface area contributed by atoms with Gasteiger partial charge in [-0.2, -0.15) is 0 Å². The van der Waals surface area contributed by atoms with Crippen molar-refractivity contribution in [1.29, 1.82) is 0 Å². The van der Waals surface area contributed by atoms with Gasteiger partial charge < -0.3 is 9.47 Å². The molecule has 104 valence electrons. The maximum atomic E-state index is 12.0. The first-order valence-corrected chi connectivity index (χ1v) is 6.61. The van der Waals surface area contributed by atoms with Gasteiger partial charge in [-0.05, 0) is 36.4 Å². The molecule has 0 saturated heterocycles. The van der Waals surface area contributed by atoms with Gasteiger partial charge in [0.1, 0.15) is 5.75 Å². The molecule has 5 heteroatoms. The molecule has 0 unspecified atom stereocenters. The lowest BCUT2D eigenvalue weighted by Crippen LogP contribution is -2.11. The topological polar surface area (TPSA) is 35.5 Å². The summed E-state index contributed by atoms with van der Waals surface area (Å²) in [6.45, 7) is -0.129. The van der Waals surface area contributed by atoms with E-state index in [0.717, 1.165) is 0 Å². The van der Waals surface area contributed by atoms with Crippen LogP contribution >= 0.6 is 23.2 Å². The average molecular weight is 311 g/mol. The summed E-state index contributed by atoms with van der Waals surface area (Å²) in [4.78, 5) is 12.0. The van der Waals surface area contributed by atoms with Crippen LogP contribution in [-0.2, 0) is 0 Å². The van der Waals surface area contributed by atoms with Crippen LogP contribution in [-0.4, -0.2) is 19.5 Å². The Morgan fingerprint density at radius 3 is 2.20 bits per heavy atom. The van der Waals surface area contributed by atoms with E-state index in [1.807, 2.05) is 0 Å². The van der Waals surface area contributed by atoms with Gasteiger partial charge in [-0.15, -0.1) is 0 Å². The number of methoxy groups -OCH3 is 1. The smallest absolute Gasteiger partial charge is 0.200 e. The van der Waals surface area contributed by atoms with Crippen LogP contribution in [0, 0.1) is 0 Å². The molecule has 2 aromatic carbocycles. The lowest BCUT2D eigenvalue weighted by molar-refractivity contribution is 0.0921. The van der Waals surface area contributed by atoms with Crippen LogP contribution in [0.25, 0.3) is 0 Å². The number of para-hydroxylation sites is 1. The number of hydrogen-bond acceptors (Lipinski definition) is 3. The van der Waals surface area contributed by atoms with Gasteiger partial charge in [0.25, 0.3) is 0 Å². The lowest BCUT2D eigenvalue weighted by Gasteiger charge is -2.09. The first kappa shape index (κ1) is 14.7. The van der Waals surface area contributed by atoms with Crippen LogP contribution in [0.4, 0.5) is 0 Å². The molecule has 0 amide bonds. The van der Waals surface area contributed by atoms with Gasteiger partial charge >= 0.3 is 0 Å². The predicted octanol–water partition coefficient (Wildman–Crippen LogP) is 4.26. The van der Waals surface area contributed by atoms with Crippen molar-refractivity contribution in [2.45, 2.75) is 0 Å². The van der Waals surface area contributed by atoms with E-state index in [-0.39, 0.29) is 12.4 Å². The van der Waals surface area contributed by atoms with Crippen molar-refractivity contribution in [1.82, 2.24) is 0 Å². The maximum absolute atomic E-state index is 12.0. The summed E-state index contributed by atoms with van der Waals surface area (Å²) in [6, 6.07) is 11.8. The maximum Gasteiger partial charge on any atom is 0.200 e. The first-order valence-electron chi connectivity index (χ1n) is 5.86. The molecule has 0 saturated carbocycles. The molecule has 2 aromatic rings. The van der Waals surface area contributed by atoms with Crippen LogP contribution in [0.5, 0.6) is 11.5 Å². The third-order valence-electron chi connectivity index (χ3n) is 2.68. The Bertz CT molecular complexity index is 589. The lowest BCUT2D eigenvalue weighted by atomic mass is 10.1. The third-order valence-corrected chi connectivity index (χ3v) is 3.27. The molecule has 0 spiro atoms. The predicted molar refractivity (Wildman–Crippen MR) is 79.3 cm³/mol. The molecular formula is C15H12Cl2O3. The zero-order valence-corrected chi connectivity index (χ0v) is 12.2. The minimum atomic E-state index is -0.163. The third kappa shape index (κ3) is 3.44. The van der Waals surface area contributed by atoms with E-state index in [1.54, 1.807) is 49.6 Å². The van der Waals surface area contributed by atoms with E-state index in [1.165, 1.54) is 0 Å². The molecule has 0 aliphatic carbocycles. The highest BCUT2D eigenvalue weighted by Crippen LogP contribution is 2.32. The number of hydrogen-bond donors (Lipinski definition) is 0. The van der Waals surface area contributed by atoms with E-state index in [0.29, 0.717) is 27.1 Å². The van der Waals surface area contributed by atoms with Crippen molar-refractivity contribution in [3.05, 3.63) is 58.1 Å². The molecule has 20 heavy (non-hydrogen) atoms. The highest BCUT2D eigenvalue weighted by molar-refractivity contribution is 6.37. The highest BCUT2D eigenvalue weighted by Gasteiger charge is 2.11.